The van der Waals surface area contributed by atoms with Crippen molar-refractivity contribution >= 4 is 11.7 Å². The molecule has 1 saturated heterocycles. The van der Waals surface area contributed by atoms with Gasteiger partial charge in [0.25, 0.3) is 0 Å². The van der Waals surface area contributed by atoms with Crippen molar-refractivity contribution in [3.05, 3.63) is 65.7 Å². The maximum Gasteiger partial charge on any atom is 0.315 e. The summed E-state index contributed by atoms with van der Waals surface area (Å²) >= 11 is 0. The van der Waals surface area contributed by atoms with E-state index in [1.807, 2.05) is 12.1 Å². The van der Waals surface area contributed by atoms with Gasteiger partial charge >= 0.3 is 6.03 Å². The number of rotatable bonds is 7. The molecule has 0 spiro atoms. The van der Waals surface area contributed by atoms with Crippen molar-refractivity contribution in [1.29, 1.82) is 0 Å². The highest BCUT2D eigenvalue weighted by Crippen LogP contribution is 2.15. The van der Waals surface area contributed by atoms with Gasteiger partial charge in [0, 0.05) is 51.0 Å². The lowest BCUT2D eigenvalue weighted by Crippen LogP contribution is -2.48. The van der Waals surface area contributed by atoms with Crippen LogP contribution in [0.15, 0.2) is 54.6 Å². The molecule has 0 saturated carbocycles. The van der Waals surface area contributed by atoms with Crippen molar-refractivity contribution in [3.63, 3.8) is 0 Å². The van der Waals surface area contributed by atoms with Gasteiger partial charge in [-0.15, -0.1) is 0 Å². The van der Waals surface area contributed by atoms with Crippen LogP contribution in [0.2, 0.25) is 0 Å². The number of nitrogens with zero attached hydrogens (tertiary/aromatic N) is 2. The number of aryl methyl sites for hydroxylation is 1. The standard InChI is InChI=1S/C23H32N4O/c1-19-7-6-8-21(17-19)18-24-23(28)25-20(2)11-12-26-13-15-27(16-14-26)22-9-4-3-5-10-22/h3-10,17,20H,11-16,18H2,1-2H3,(H2,24,25,28). The Bertz CT molecular complexity index is 741. The third kappa shape index (κ3) is 6.27. The zero-order valence-electron chi connectivity index (χ0n) is 17.0. The van der Waals surface area contributed by atoms with Gasteiger partial charge in [0.2, 0.25) is 0 Å². The highest BCUT2D eigenvalue weighted by Gasteiger charge is 2.17. The summed E-state index contributed by atoms with van der Waals surface area (Å²) in [6.45, 7) is 9.97. The molecule has 28 heavy (non-hydrogen) atoms. The van der Waals surface area contributed by atoms with E-state index in [0.29, 0.717) is 6.54 Å². The number of para-hydroxylation sites is 1. The number of hydrogen-bond donors (Lipinski definition) is 2. The molecule has 2 N–H and O–H groups in total. The van der Waals surface area contributed by atoms with Gasteiger partial charge in [-0.2, -0.15) is 0 Å². The second kappa shape index (κ2) is 10.1. The molecule has 2 amide bonds. The number of amides is 2. The lowest BCUT2D eigenvalue weighted by atomic mass is 10.1. The minimum absolute atomic E-state index is 0.0945. The predicted molar refractivity (Wildman–Crippen MR) is 116 cm³/mol. The van der Waals surface area contributed by atoms with E-state index in [0.717, 1.165) is 44.7 Å². The van der Waals surface area contributed by atoms with Crippen molar-refractivity contribution in [3.8, 4) is 0 Å². The van der Waals surface area contributed by atoms with E-state index >= 15 is 0 Å². The smallest absolute Gasteiger partial charge is 0.315 e. The summed E-state index contributed by atoms with van der Waals surface area (Å²) in [4.78, 5) is 17.0. The molecule has 3 rings (SSSR count). The Balaban J connectivity index is 1.32. The summed E-state index contributed by atoms with van der Waals surface area (Å²) in [7, 11) is 0. The molecule has 2 aromatic carbocycles. The minimum atomic E-state index is -0.0945. The molecule has 1 heterocycles. The van der Waals surface area contributed by atoms with Crippen LogP contribution in [0.4, 0.5) is 10.5 Å². The van der Waals surface area contributed by atoms with Crippen molar-refractivity contribution in [2.24, 2.45) is 0 Å². The monoisotopic (exact) mass is 380 g/mol. The first-order chi connectivity index (χ1) is 13.6. The molecule has 1 atom stereocenters. The van der Waals surface area contributed by atoms with Crippen LogP contribution in [-0.4, -0.2) is 49.7 Å². The Labute approximate surface area is 168 Å². The molecular formula is C23H32N4O. The van der Waals surface area contributed by atoms with Crippen molar-refractivity contribution in [1.82, 2.24) is 15.5 Å². The average Bonchev–Trinajstić information content (AvgIpc) is 2.72. The molecule has 0 radical (unpaired) electrons. The number of benzene rings is 2. The summed E-state index contributed by atoms with van der Waals surface area (Å²) in [6, 6.07) is 18.9. The zero-order chi connectivity index (χ0) is 19.8. The fourth-order valence-corrected chi connectivity index (χ4v) is 3.60. The number of carbonyl (C=O) groups excluding carboxylic acids is 1. The van der Waals surface area contributed by atoms with Gasteiger partial charge in [0.05, 0.1) is 0 Å². The van der Waals surface area contributed by atoms with Crippen LogP contribution in [0, 0.1) is 6.92 Å². The SMILES string of the molecule is Cc1cccc(CNC(=O)NC(C)CCN2CCN(c3ccccc3)CC2)c1. The van der Waals surface area contributed by atoms with Gasteiger partial charge in [-0.3, -0.25) is 4.90 Å². The summed E-state index contributed by atoms with van der Waals surface area (Å²) < 4.78 is 0. The molecule has 1 aliphatic rings. The van der Waals surface area contributed by atoms with E-state index in [9.17, 15) is 4.79 Å². The molecule has 0 aromatic heterocycles. The average molecular weight is 381 g/mol. The van der Waals surface area contributed by atoms with Crippen LogP contribution >= 0.6 is 0 Å². The Morgan fingerprint density at radius 2 is 1.79 bits per heavy atom. The highest BCUT2D eigenvalue weighted by molar-refractivity contribution is 5.74. The lowest BCUT2D eigenvalue weighted by Gasteiger charge is -2.36. The van der Waals surface area contributed by atoms with E-state index < -0.39 is 0 Å². The summed E-state index contributed by atoms with van der Waals surface area (Å²) in [5.41, 5.74) is 3.64. The van der Waals surface area contributed by atoms with Crippen molar-refractivity contribution < 1.29 is 4.79 Å². The Kier molecular flexibility index (Phi) is 7.31. The molecular weight excluding hydrogens is 348 g/mol. The first kappa shape index (κ1) is 20.2. The maximum atomic E-state index is 12.1. The van der Waals surface area contributed by atoms with Gasteiger partial charge < -0.3 is 15.5 Å². The molecule has 150 valence electrons. The van der Waals surface area contributed by atoms with Crippen LogP contribution in [0.3, 0.4) is 0 Å². The van der Waals surface area contributed by atoms with Crippen molar-refractivity contribution in [2.75, 3.05) is 37.6 Å². The number of carbonyl (C=O) groups is 1. The maximum absolute atomic E-state index is 12.1. The lowest BCUT2D eigenvalue weighted by molar-refractivity contribution is 0.227. The third-order valence-electron chi connectivity index (χ3n) is 5.29. The highest BCUT2D eigenvalue weighted by atomic mass is 16.2. The second-order valence-electron chi connectivity index (χ2n) is 7.67. The zero-order valence-corrected chi connectivity index (χ0v) is 17.0. The molecule has 5 heteroatoms. The number of anilines is 1. The van der Waals surface area contributed by atoms with E-state index in [2.05, 4.69) is 76.7 Å². The van der Waals surface area contributed by atoms with E-state index in [-0.39, 0.29) is 12.1 Å². The Hall–Kier alpha value is -2.53. The van der Waals surface area contributed by atoms with Gasteiger partial charge in [0.1, 0.15) is 0 Å². The fourth-order valence-electron chi connectivity index (χ4n) is 3.60. The molecule has 2 aromatic rings. The number of urea groups is 1. The van der Waals surface area contributed by atoms with Gasteiger partial charge in [-0.05, 0) is 38.0 Å². The number of hydrogen-bond acceptors (Lipinski definition) is 3. The fraction of sp³-hybridized carbons (Fsp3) is 0.435. The molecule has 1 unspecified atom stereocenters. The van der Waals surface area contributed by atoms with Gasteiger partial charge in [0.15, 0.2) is 0 Å². The van der Waals surface area contributed by atoms with Gasteiger partial charge in [-0.25, -0.2) is 4.79 Å². The van der Waals surface area contributed by atoms with Crippen LogP contribution in [0.1, 0.15) is 24.5 Å². The Morgan fingerprint density at radius 1 is 1.04 bits per heavy atom. The summed E-state index contributed by atoms with van der Waals surface area (Å²) in [5.74, 6) is 0. The molecule has 1 fully saturated rings. The van der Waals surface area contributed by atoms with Crippen LogP contribution < -0.4 is 15.5 Å². The molecule has 0 aliphatic carbocycles. The van der Waals surface area contributed by atoms with Crippen LogP contribution in [0.25, 0.3) is 0 Å². The quantitative estimate of drug-likeness (QED) is 0.774. The largest absolute Gasteiger partial charge is 0.369 e. The Morgan fingerprint density at radius 3 is 2.50 bits per heavy atom. The number of piperazine rings is 1. The minimum Gasteiger partial charge on any atom is -0.369 e. The molecule has 0 bridgehead atoms. The predicted octanol–water partition coefficient (Wildman–Crippen LogP) is 3.40. The summed E-state index contributed by atoms with van der Waals surface area (Å²) in [6.07, 6.45) is 0.962. The van der Waals surface area contributed by atoms with Gasteiger partial charge in [-0.1, -0.05) is 48.0 Å². The molecule has 1 aliphatic heterocycles. The topological polar surface area (TPSA) is 47.6 Å². The van der Waals surface area contributed by atoms with Crippen molar-refractivity contribution in [2.45, 2.75) is 32.9 Å². The molecule has 5 nitrogen and oxygen atoms in total. The van der Waals surface area contributed by atoms with E-state index in [4.69, 9.17) is 0 Å². The third-order valence-corrected chi connectivity index (χ3v) is 5.29. The van der Waals surface area contributed by atoms with Crippen LogP contribution in [0.5, 0.6) is 0 Å². The normalized spacial score (nSPS) is 15.9. The first-order valence-corrected chi connectivity index (χ1v) is 10.2. The van der Waals surface area contributed by atoms with E-state index in [1.54, 1.807) is 0 Å². The summed E-state index contributed by atoms with van der Waals surface area (Å²) in [5, 5.41) is 6.00. The first-order valence-electron chi connectivity index (χ1n) is 10.2. The van der Waals surface area contributed by atoms with Crippen LogP contribution in [-0.2, 0) is 6.54 Å². The number of nitrogens with one attached hydrogen (secondary N) is 2. The van der Waals surface area contributed by atoms with E-state index in [1.165, 1.54) is 11.3 Å². The second-order valence-corrected chi connectivity index (χ2v) is 7.67.